The molecule has 4 heteroatoms. The molecule has 0 amide bonds. The fourth-order valence-electron chi connectivity index (χ4n) is 1.86. The lowest BCUT2D eigenvalue weighted by Gasteiger charge is -2.28. The number of rotatable bonds is 5. The van der Waals surface area contributed by atoms with E-state index >= 15 is 0 Å². The van der Waals surface area contributed by atoms with Gasteiger partial charge in [0, 0.05) is 12.8 Å². The van der Waals surface area contributed by atoms with Crippen molar-refractivity contribution in [3.8, 4) is 0 Å². The minimum absolute atomic E-state index is 0.0659. The summed E-state index contributed by atoms with van der Waals surface area (Å²) in [6.45, 7) is 5.94. The molecule has 0 aliphatic carbocycles. The zero-order chi connectivity index (χ0) is 12.2. The number of aromatic nitrogens is 2. The van der Waals surface area contributed by atoms with Crippen molar-refractivity contribution in [2.24, 2.45) is 0 Å². The highest BCUT2D eigenvalue weighted by Gasteiger charge is 2.31. The van der Waals surface area contributed by atoms with Gasteiger partial charge in [-0.1, -0.05) is 13.8 Å². The number of nitrogens with zero attached hydrogens (tertiary/aromatic N) is 2. The first-order chi connectivity index (χ1) is 7.61. The molecule has 4 nitrogen and oxygen atoms in total. The topological polar surface area (TPSA) is 55.2 Å². The van der Waals surface area contributed by atoms with Crippen molar-refractivity contribution in [1.29, 1.82) is 0 Å². The fourth-order valence-corrected chi connectivity index (χ4v) is 1.86. The van der Waals surface area contributed by atoms with Crippen LogP contribution in [0.25, 0.3) is 0 Å². The monoisotopic (exact) mass is 224 g/mol. The summed E-state index contributed by atoms with van der Waals surface area (Å²) in [6, 6.07) is 1.79. The molecule has 0 saturated heterocycles. The smallest absolute Gasteiger partial charge is 0.160 e. The van der Waals surface area contributed by atoms with E-state index in [0.29, 0.717) is 11.5 Å². The average molecular weight is 224 g/mol. The minimum Gasteiger partial charge on any atom is -0.390 e. The Morgan fingerprint density at radius 3 is 2.38 bits per heavy atom. The molecule has 0 spiro atoms. The molecule has 1 aromatic heterocycles. The Labute approximate surface area is 96.7 Å². The summed E-state index contributed by atoms with van der Waals surface area (Å²) >= 11 is 0. The maximum absolute atomic E-state index is 9.14. The van der Waals surface area contributed by atoms with E-state index in [4.69, 9.17) is 9.84 Å². The van der Waals surface area contributed by atoms with Crippen LogP contribution in [-0.2, 0) is 16.9 Å². The van der Waals surface area contributed by atoms with Crippen LogP contribution in [0.4, 0.5) is 0 Å². The van der Waals surface area contributed by atoms with Crippen molar-refractivity contribution in [3.63, 3.8) is 0 Å². The van der Waals surface area contributed by atoms with Gasteiger partial charge >= 0.3 is 0 Å². The van der Waals surface area contributed by atoms with Crippen LogP contribution in [0.5, 0.6) is 0 Å². The molecule has 0 atom stereocenters. The van der Waals surface area contributed by atoms with Gasteiger partial charge in [-0.05, 0) is 25.8 Å². The molecular weight excluding hydrogens is 204 g/mol. The van der Waals surface area contributed by atoms with Crippen molar-refractivity contribution in [2.75, 3.05) is 7.11 Å². The van der Waals surface area contributed by atoms with Gasteiger partial charge < -0.3 is 9.84 Å². The summed E-state index contributed by atoms with van der Waals surface area (Å²) in [5.41, 5.74) is 1.07. The predicted molar refractivity (Wildman–Crippen MR) is 62.0 cm³/mol. The Bertz CT molecular complexity index is 341. The molecule has 0 bridgehead atoms. The average Bonchev–Trinajstić information content (AvgIpc) is 2.31. The van der Waals surface area contributed by atoms with Crippen LogP contribution in [0.1, 0.15) is 43.9 Å². The molecule has 0 radical (unpaired) electrons. The molecule has 0 aromatic carbocycles. The van der Waals surface area contributed by atoms with Gasteiger partial charge in [-0.3, -0.25) is 0 Å². The predicted octanol–water partition coefficient (Wildman–Crippen LogP) is 1.94. The van der Waals surface area contributed by atoms with E-state index in [2.05, 4.69) is 23.8 Å². The summed E-state index contributed by atoms with van der Waals surface area (Å²) in [5, 5.41) is 9.14. The summed E-state index contributed by atoms with van der Waals surface area (Å²) in [6.07, 6.45) is 1.63. The van der Waals surface area contributed by atoms with Crippen LogP contribution in [0.15, 0.2) is 6.07 Å². The molecule has 0 fully saturated rings. The lowest BCUT2D eigenvalue weighted by molar-refractivity contribution is -0.0295. The van der Waals surface area contributed by atoms with Crippen molar-refractivity contribution >= 4 is 0 Å². The normalized spacial score (nSPS) is 11.8. The van der Waals surface area contributed by atoms with Crippen molar-refractivity contribution in [1.82, 2.24) is 9.97 Å². The maximum Gasteiger partial charge on any atom is 0.160 e. The number of hydrogen-bond donors (Lipinski definition) is 1. The summed E-state index contributed by atoms with van der Waals surface area (Å²) < 4.78 is 5.57. The number of methoxy groups -OCH3 is 1. The molecule has 1 rings (SSSR count). The zero-order valence-corrected chi connectivity index (χ0v) is 10.4. The third-order valence-corrected chi connectivity index (χ3v) is 3.01. The van der Waals surface area contributed by atoms with Crippen LogP contribution in [0.2, 0.25) is 0 Å². The summed E-state index contributed by atoms with van der Waals surface area (Å²) in [4.78, 5) is 8.77. The van der Waals surface area contributed by atoms with Gasteiger partial charge in [0.25, 0.3) is 0 Å². The van der Waals surface area contributed by atoms with Gasteiger partial charge in [0.15, 0.2) is 5.82 Å². The molecule has 1 N–H and O–H groups in total. The number of hydrogen-bond acceptors (Lipinski definition) is 4. The summed E-state index contributed by atoms with van der Waals surface area (Å²) in [5.74, 6) is 0.670. The minimum atomic E-state index is -0.435. The molecule has 0 unspecified atom stereocenters. The third kappa shape index (κ3) is 2.39. The first-order valence-corrected chi connectivity index (χ1v) is 5.63. The molecule has 1 aromatic rings. The third-order valence-electron chi connectivity index (χ3n) is 3.01. The lowest BCUT2D eigenvalue weighted by atomic mass is 9.95. The molecule has 0 aliphatic heterocycles. The quantitative estimate of drug-likeness (QED) is 0.830. The van der Waals surface area contributed by atoms with Crippen molar-refractivity contribution in [2.45, 2.75) is 45.8 Å². The first-order valence-electron chi connectivity index (χ1n) is 5.63. The van der Waals surface area contributed by atoms with Gasteiger partial charge in [0.05, 0.1) is 12.3 Å². The Kier molecular flexibility index (Phi) is 4.38. The first kappa shape index (κ1) is 13.1. The second-order valence-corrected chi connectivity index (χ2v) is 3.89. The lowest BCUT2D eigenvalue weighted by Crippen LogP contribution is -2.30. The molecular formula is C12H20N2O2. The molecule has 90 valence electrons. The Morgan fingerprint density at radius 1 is 1.31 bits per heavy atom. The van der Waals surface area contributed by atoms with Crippen LogP contribution >= 0.6 is 0 Å². The molecule has 16 heavy (non-hydrogen) atoms. The van der Waals surface area contributed by atoms with E-state index in [-0.39, 0.29) is 6.61 Å². The zero-order valence-electron chi connectivity index (χ0n) is 10.4. The SMILES string of the molecule is CCC(CC)(OC)c1nc(C)cc(CO)n1. The van der Waals surface area contributed by atoms with E-state index in [1.54, 1.807) is 13.2 Å². The Morgan fingerprint density at radius 2 is 1.94 bits per heavy atom. The van der Waals surface area contributed by atoms with E-state index in [1.807, 2.05) is 6.92 Å². The van der Waals surface area contributed by atoms with Gasteiger partial charge in [0.1, 0.15) is 5.60 Å². The summed E-state index contributed by atoms with van der Waals surface area (Å²) in [7, 11) is 1.68. The molecule has 1 heterocycles. The standard InChI is InChI=1S/C12H20N2O2/c1-5-12(6-2,16-4)11-13-9(3)7-10(8-15)14-11/h7,15H,5-6,8H2,1-4H3. The highest BCUT2D eigenvalue weighted by atomic mass is 16.5. The number of aryl methyl sites for hydroxylation is 1. The largest absolute Gasteiger partial charge is 0.390 e. The van der Waals surface area contributed by atoms with Gasteiger partial charge in [-0.25, -0.2) is 9.97 Å². The van der Waals surface area contributed by atoms with Crippen LogP contribution < -0.4 is 0 Å². The number of aliphatic hydroxyl groups excluding tert-OH is 1. The number of ether oxygens (including phenoxy) is 1. The second-order valence-electron chi connectivity index (χ2n) is 3.89. The highest BCUT2D eigenvalue weighted by molar-refractivity contribution is 5.13. The van der Waals surface area contributed by atoms with E-state index in [1.165, 1.54) is 0 Å². The van der Waals surface area contributed by atoms with E-state index < -0.39 is 5.60 Å². The molecule has 0 aliphatic rings. The van der Waals surface area contributed by atoms with Gasteiger partial charge in [-0.15, -0.1) is 0 Å². The van der Waals surface area contributed by atoms with Crippen LogP contribution in [0.3, 0.4) is 0 Å². The van der Waals surface area contributed by atoms with Gasteiger partial charge in [0.2, 0.25) is 0 Å². The number of aliphatic hydroxyl groups is 1. The van der Waals surface area contributed by atoms with Crippen LogP contribution in [-0.4, -0.2) is 22.2 Å². The van der Waals surface area contributed by atoms with Crippen molar-refractivity contribution < 1.29 is 9.84 Å². The molecule has 0 saturated carbocycles. The van der Waals surface area contributed by atoms with Crippen molar-refractivity contribution in [3.05, 3.63) is 23.3 Å². The highest BCUT2D eigenvalue weighted by Crippen LogP contribution is 2.29. The fraction of sp³-hybridized carbons (Fsp3) is 0.667. The Balaban J connectivity index is 3.23. The van der Waals surface area contributed by atoms with E-state index in [9.17, 15) is 0 Å². The maximum atomic E-state index is 9.14. The second kappa shape index (κ2) is 5.37. The van der Waals surface area contributed by atoms with E-state index in [0.717, 1.165) is 18.5 Å². The Hall–Kier alpha value is -1.00. The van der Waals surface area contributed by atoms with Gasteiger partial charge in [-0.2, -0.15) is 0 Å². The van der Waals surface area contributed by atoms with Crippen LogP contribution in [0, 0.1) is 6.92 Å².